The number of hydrogen-bond acceptors (Lipinski definition) is 5. The van der Waals surface area contributed by atoms with E-state index in [1.165, 1.54) is 13.0 Å². The predicted octanol–water partition coefficient (Wildman–Crippen LogP) is 0.268. The number of rotatable bonds is 6. The molecule has 6 nitrogen and oxygen atoms in total. The molecule has 0 saturated heterocycles. The molecule has 0 fully saturated rings. The second-order valence-corrected chi connectivity index (χ2v) is 7.87. The van der Waals surface area contributed by atoms with Crippen molar-refractivity contribution in [1.82, 2.24) is 10.0 Å². The standard InChI is InChI=1S/C11H19N3O3S2/c1-8(10(15)13-7-11(2,3)12)14-19(16,17)9-5-4-6-18-9/h4-6,8,14H,7,12H2,1-3H3,(H,13,15). The Morgan fingerprint density at radius 3 is 2.63 bits per heavy atom. The van der Waals surface area contributed by atoms with Gasteiger partial charge in [-0.15, -0.1) is 11.3 Å². The van der Waals surface area contributed by atoms with Crippen molar-refractivity contribution in [3.05, 3.63) is 17.5 Å². The Hall–Kier alpha value is -0.960. The minimum atomic E-state index is -3.64. The van der Waals surface area contributed by atoms with Crippen LogP contribution in [-0.2, 0) is 14.8 Å². The minimum Gasteiger partial charge on any atom is -0.353 e. The van der Waals surface area contributed by atoms with Crippen LogP contribution in [0.1, 0.15) is 20.8 Å². The number of hydrogen-bond donors (Lipinski definition) is 3. The fourth-order valence-electron chi connectivity index (χ4n) is 1.23. The maximum Gasteiger partial charge on any atom is 0.250 e. The maximum absolute atomic E-state index is 11.9. The average Bonchev–Trinajstić information content (AvgIpc) is 2.78. The zero-order chi connectivity index (χ0) is 14.7. The van der Waals surface area contributed by atoms with Crippen LogP contribution in [0.2, 0.25) is 0 Å². The van der Waals surface area contributed by atoms with E-state index in [1.807, 2.05) is 0 Å². The van der Waals surface area contributed by atoms with Crippen molar-refractivity contribution in [2.75, 3.05) is 6.54 Å². The van der Waals surface area contributed by atoms with Crippen LogP contribution in [0.25, 0.3) is 0 Å². The Balaban J connectivity index is 2.60. The molecule has 4 N–H and O–H groups in total. The van der Waals surface area contributed by atoms with E-state index >= 15 is 0 Å². The second-order valence-electron chi connectivity index (χ2n) is 4.98. The highest BCUT2D eigenvalue weighted by Crippen LogP contribution is 2.15. The van der Waals surface area contributed by atoms with Gasteiger partial charge in [-0.2, -0.15) is 4.72 Å². The Bertz CT molecular complexity index is 518. The van der Waals surface area contributed by atoms with Crippen LogP contribution in [0.5, 0.6) is 0 Å². The monoisotopic (exact) mass is 305 g/mol. The Labute approximate surface area is 117 Å². The molecular formula is C11H19N3O3S2. The summed E-state index contributed by atoms with van der Waals surface area (Å²) in [4.78, 5) is 11.7. The van der Waals surface area contributed by atoms with Gasteiger partial charge in [-0.05, 0) is 32.2 Å². The molecule has 1 aromatic rings. The summed E-state index contributed by atoms with van der Waals surface area (Å²) in [5.41, 5.74) is 5.20. The number of sulfonamides is 1. The van der Waals surface area contributed by atoms with Crippen LogP contribution in [0.4, 0.5) is 0 Å². The number of thiophene rings is 1. The largest absolute Gasteiger partial charge is 0.353 e. The highest BCUT2D eigenvalue weighted by Gasteiger charge is 2.23. The van der Waals surface area contributed by atoms with Crippen molar-refractivity contribution in [1.29, 1.82) is 0 Å². The topological polar surface area (TPSA) is 101 Å². The summed E-state index contributed by atoms with van der Waals surface area (Å²) in [5, 5.41) is 4.27. The minimum absolute atomic E-state index is 0.186. The molecule has 0 aliphatic carbocycles. The Kier molecular flexibility index (Phi) is 5.08. The molecule has 8 heteroatoms. The highest BCUT2D eigenvalue weighted by molar-refractivity contribution is 7.91. The summed E-state index contributed by atoms with van der Waals surface area (Å²) in [6.45, 7) is 5.31. The van der Waals surface area contributed by atoms with Crippen molar-refractivity contribution in [3.8, 4) is 0 Å². The summed E-state index contributed by atoms with van der Waals surface area (Å²) in [7, 11) is -3.64. The predicted molar refractivity (Wildman–Crippen MR) is 75.4 cm³/mol. The molecule has 0 bridgehead atoms. The molecule has 1 amide bonds. The third kappa shape index (κ3) is 5.27. The number of nitrogens with two attached hydrogens (primary N) is 1. The smallest absolute Gasteiger partial charge is 0.250 e. The van der Waals surface area contributed by atoms with Crippen molar-refractivity contribution in [2.45, 2.75) is 36.6 Å². The lowest BCUT2D eigenvalue weighted by atomic mass is 10.1. The van der Waals surface area contributed by atoms with E-state index < -0.39 is 27.5 Å². The number of carbonyl (C=O) groups excluding carboxylic acids is 1. The number of amides is 1. The quantitative estimate of drug-likeness (QED) is 0.702. The van der Waals surface area contributed by atoms with E-state index in [4.69, 9.17) is 5.73 Å². The summed E-state index contributed by atoms with van der Waals surface area (Å²) in [5.74, 6) is -0.404. The van der Waals surface area contributed by atoms with Gasteiger partial charge >= 0.3 is 0 Å². The molecule has 108 valence electrons. The van der Waals surface area contributed by atoms with Crippen molar-refractivity contribution in [3.63, 3.8) is 0 Å². The van der Waals surface area contributed by atoms with E-state index in [2.05, 4.69) is 10.0 Å². The van der Waals surface area contributed by atoms with Crippen LogP contribution in [0.3, 0.4) is 0 Å². The molecule has 0 aromatic carbocycles. The first-order chi connectivity index (χ1) is 8.62. The van der Waals surface area contributed by atoms with E-state index in [9.17, 15) is 13.2 Å². The molecule has 1 atom stereocenters. The van der Waals surface area contributed by atoms with Crippen molar-refractivity contribution in [2.24, 2.45) is 5.73 Å². The molecule has 1 aromatic heterocycles. The fourth-order valence-corrected chi connectivity index (χ4v) is 3.44. The van der Waals surface area contributed by atoms with Crippen LogP contribution in [0.15, 0.2) is 21.7 Å². The molecule has 0 spiro atoms. The van der Waals surface area contributed by atoms with Gasteiger partial charge in [-0.25, -0.2) is 8.42 Å². The van der Waals surface area contributed by atoms with Gasteiger partial charge in [-0.1, -0.05) is 6.07 Å². The third-order valence-corrected chi connectivity index (χ3v) is 5.14. The Morgan fingerprint density at radius 1 is 1.53 bits per heavy atom. The first-order valence-electron chi connectivity index (χ1n) is 5.74. The average molecular weight is 305 g/mol. The van der Waals surface area contributed by atoms with Gasteiger partial charge in [0.2, 0.25) is 5.91 Å². The number of carbonyl (C=O) groups is 1. The highest BCUT2D eigenvalue weighted by atomic mass is 32.2. The SMILES string of the molecule is CC(NS(=O)(=O)c1cccs1)C(=O)NCC(C)(C)N. The van der Waals surface area contributed by atoms with Crippen LogP contribution < -0.4 is 15.8 Å². The van der Waals surface area contributed by atoms with E-state index in [0.717, 1.165) is 11.3 Å². The summed E-state index contributed by atoms with van der Waals surface area (Å²) in [6, 6.07) is 2.27. The molecule has 0 radical (unpaired) electrons. The van der Waals surface area contributed by atoms with Crippen molar-refractivity contribution < 1.29 is 13.2 Å². The first kappa shape index (κ1) is 16.1. The summed E-state index contributed by atoms with van der Waals surface area (Å²) < 4.78 is 26.3. The van der Waals surface area contributed by atoms with Crippen LogP contribution >= 0.6 is 11.3 Å². The Morgan fingerprint density at radius 2 is 2.16 bits per heavy atom. The van der Waals surface area contributed by atoms with Gasteiger partial charge in [0.25, 0.3) is 10.0 Å². The van der Waals surface area contributed by atoms with Crippen LogP contribution in [-0.4, -0.2) is 32.5 Å². The zero-order valence-corrected chi connectivity index (χ0v) is 12.8. The lowest BCUT2D eigenvalue weighted by Crippen LogP contribution is -2.50. The molecular weight excluding hydrogens is 286 g/mol. The summed E-state index contributed by atoms with van der Waals surface area (Å²) >= 11 is 1.10. The second kappa shape index (κ2) is 6.00. The van der Waals surface area contributed by atoms with Gasteiger partial charge in [0, 0.05) is 12.1 Å². The molecule has 0 saturated carbocycles. The molecule has 1 unspecified atom stereocenters. The molecule has 1 rings (SSSR count). The zero-order valence-electron chi connectivity index (χ0n) is 11.1. The molecule has 0 aliphatic rings. The molecule has 1 heterocycles. The van der Waals surface area contributed by atoms with Crippen LogP contribution in [0, 0.1) is 0 Å². The van der Waals surface area contributed by atoms with Gasteiger partial charge in [0.05, 0.1) is 6.04 Å². The van der Waals surface area contributed by atoms with Gasteiger partial charge in [0.15, 0.2) is 0 Å². The number of nitrogens with one attached hydrogen (secondary N) is 2. The summed E-state index contributed by atoms with van der Waals surface area (Å²) in [6.07, 6.45) is 0. The van der Waals surface area contributed by atoms with E-state index in [1.54, 1.807) is 25.3 Å². The van der Waals surface area contributed by atoms with E-state index in [0.29, 0.717) is 0 Å². The lowest BCUT2D eigenvalue weighted by Gasteiger charge is -2.21. The van der Waals surface area contributed by atoms with E-state index in [-0.39, 0.29) is 10.8 Å². The van der Waals surface area contributed by atoms with Gasteiger partial charge in [-0.3, -0.25) is 4.79 Å². The fraction of sp³-hybridized carbons (Fsp3) is 0.545. The first-order valence-corrected chi connectivity index (χ1v) is 8.10. The maximum atomic E-state index is 11.9. The third-order valence-electron chi connectivity index (χ3n) is 2.20. The lowest BCUT2D eigenvalue weighted by molar-refractivity contribution is -0.122. The normalized spacial score (nSPS) is 14.1. The molecule has 19 heavy (non-hydrogen) atoms. The van der Waals surface area contributed by atoms with Gasteiger partial charge in [0.1, 0.15) is 4.21 Å². The van der Waals surface area contributed by atoms with Crippen molar-refractivity contribution >= 4 is 27.3 Å². The molecule has 0 aliphatic heterocycles. The van der Waals surface area contributed by atoms with Gasteiger partial charge < -0.3 is 11.1 Å².